The third-order valence-corrected chi connectivity index (χ3v) is 6.29. The largest absolute Gasteiger partial charge is 0.316 e. The topological polar surface area (TPSA) is 30.3 Å². The number of aryl methyl sites for hydroxylation is 2. The number of benzene rings is 3. The fraction of sp³-hybridized carbons (Fsp3) is 0.320. The van der Waals surface area contributed by atoms with E-state index in [2.05, 4.69) is 68.4 Å². The van der Waals surface area contributed by atoms with E-state index < -0.39 is 0 Å². The van der Waals surface area contributed by atoms with Gasteiger partial charge in [0.15, 0.2) is 0 Å². The molecule has 0 amide bonds. The maximum Gasteiger partial charge on any atom is 0.202 e. The Morgan fingerprint density at radius 3 is 2.43 bits per heavy atom. The average molecular weight is 372 g/mol. The molecule has 0 spiro atoms. The summed E-state index contributed by atoms with van der Waals surface area (Å²) >= 11 is 0. The Hall–Kier alpha value is -2.81. The minimum Gasteiger partial charge on any atom is -0.316 e. The molecule has 3 heteroatoms. The fourth-order valence-electron chi connectivity index (χ4n) is 4.26. The number of guanidine groups is 1. The zero-order chi connectivity index (χ0) is 19.8. The fourth-order valence-corrected chi connectivity index (χ4v) is 4.26. The van der Waals surface area contributed by atoms with Crippen LogP contribution in [0.2, 0.25) is 0 Å². The molecule has 28 heavy (non-hydrogen) atoms. The zero-order valence-electron chi connectivity index (χ0n) is 17.3. The molecule has 0 bridgehead atoms. The van der Waals surface area contributed by atoms with Gasteiger partial charge in [0.2, 0.25) is 5.96 Å². The summed E-state index contributed by atoms with van der Waals surface area (Å²) in [6.07, 6.45) is 3.37. The first-order chi connectivity index (χ1) is 13.5. The Bertz CT molecular complexity index is 1030. The molecule has 0 fully saturated rings. The summed E-state index contributed by atoms with van der Waals surface area (Å²) in [7, 11) is 3.98. The number of hydrogen-bond donors (Lipinski definition) is 1. The van der Waals surface area contributed by atoms with Crippen molar-refractivity contribution in [3.63, 3.8) is 0 Å². The van der Waals surface area contributed by atoms with Gasteiger partial charge in [-0.15, -0.1) is 0 Å². The van der Waals surface area contributed by atoms with Crippen molar-refractivity contribution in [2.24, 2.45) is 0 Å². The van der Waals surface area contributed by atoms with E-state index in [9.17, 15) is 0 Å². The number of nitrogens with one attached hydrogen (secondary N) is 1. The van der Waals surface area contributed by atoms with E-state index in [4.69, 9.17) is 5.41 Å². The molecule has 1 aliphatic rings. The lowest BCUT2D eigenvalue weighted by molar-refractivity contribution is 0.733. The van der Waals surface area contributed by atoms with Gasteiger partial charge in [0.25, 0.3) is 0 Å². The highest BCUT2D eigenvalue weighted by Gasteiger charge is 2.20. The van der Waals surface area contributed by atoms with Gasteiger partial charge in [0.1, 0.15) is 0 Å². The maximum atomic E-state index is 8.85. The lowest BCUT2D eigenvalue weighted by Gasteiger charge is -2.29. The van der Waals surface area contributed by atoms with Crippen molar-refractivity contribution >= 4 is 28.1 Å². The molecule has 1 atom stereocenters. The van der Waals surface area contributed by atoms with Crippen LogP contribution < -0.4 is 9.80 Å². The summed E-state index contributed by atoms with van der Waals surface area (Å²) in [6, 6.07) is 19.6. The minimum absolute atomic E-state index is 0.472. The highest BCUT2D eigenvalue weighted by molar-refractivity contribution is 6.10. The van der Waals surface area contributed by atoms with Crippen LogP contribution in [0.15, 0.2) is 54.6 Å². The van der Waals surface area contributed by atoms with Crippen LogP contribution in [-0.4, -0.2) is 20.1 Å². The van der Waals surface area contributed by atoms with Gasteiger partial charge in [-0.25, -0.2) is 0 Å². The Morgan fingerprint density at radius 1 is 0.964 bits per heavy atom. The van der Waals surface area contributed by atoms with Crippen molar-refractivity contribution in [3.05, 3.63) is 71.3 Å². The van der Waals surface area contributed by atoms with Crippen LogP contribution in [0.3, 0.4) is 0 Å². The average Bonchev–Trinajstić information content (AvgIpc) is 3.17. The number of hydrogen-bond acceptors (Lipinski definition) is 1. The van der Waals surface area contributed by atoms with Crippen molar-refractivity contribution in [2.75, 3.05) is 23.9 Å². The Kier molecular flexibility index (Phi) is 4.84. The summed E-state index contributed by atoms with van der Waals surface area (Å²) in [5, 5.41) is 11.5. The molecule has 1 unspecified atom stereocenters. The first-order valence-electron chi connectivity index (χ1n) is 10.2. The first-order valence-corrected chi connectivity index (χ1v) is 10.2. The van der Waals surface area contributed by atoms with Gasteiger partial charge in [-0.05, 0) is 65.5 Å². The third kappa shape index (κ3) is 3.05. The normalized spacial score (nSPS) is 13.6. The Labute approximate surface area is 168 Å². The van der Waals surface area contributed by atoms with E-state index >= 15 is 0 Å². The van der Waals surface area contributed by atoms with Gasteiger partial charge in [-0.1, -0.05) is 50.2 Å². The van der Waals surface area contributed by atoms with E-state index in [1.165, 1.54) is 27.5 Å². The number of rotatable bonds is 4. The zero-order valence-corrected chi connectivity index (χ0v) is 17.3. The van der Waals surface area contributed by atoms with E-state index in [0.717, 1.165) is 30.6 Å². The quantitative estimate of drug-likeness (QED) is 0.453. The van der Waals surface area contributed by atoms with Crippen molar-refractivity contribution in [1.29, 1.82) is 5.41 Å². The van der Waals surface area contributed by atoms with Crippen LogP contribution in [0.4, 0.5) is 11.4 Å². The van der Waals surface area contributed by atoms with Crippen molar-refractivity contribution in [3.8, 4) is 0 Å². The lowest BCUT2D eigenvalue weighted by Crippen LogP contribution is -2.39. The number of anilines is 2. The summed E-state index contributed by atoms with van der Waals surface area (Å²) in [4.78, 5) is 3.96. The SMILES string of the molecule is CCC(C)c1cccc(N(C)C(=N)N(C)c2ccc3c4c(cccc24)CC3)c1. The molecule has 0 saturated heterocycles. The molecule has 0 aromatic heterocycles. The van der Waals surface area contributed by atoms with Crippen LogP contribution in [0.1, 0.15) is 42.9 Å². The molecule has 1 N–H and O–H groups in total. The molecule has 1 aliphatic carbocycles. The van der Waals surface area contributed by atoms with E-state index in [1.807, 2.05) is 23.9 Å². The van der Waals surface area contributed by atoms with Crippen molar-refractivity contribution in [1.82, 2.24) is 0 Å². The molecule has 3 nitrogen and oxygen atoms in total. The van der Waals surface area contributed by atoms with E-state index in [-0.39, 0.29) is 0 Å². The maximum absolute atomic E-state index is 8.85. The van der Waals surface area contributed by atoms with Gasteiger partial charge in [-0.3, -0.25) is 5.41 Å². The smallest absolute Gasteiger partial charge is 0.202 e. The molecule has 3 aromatic rings. The standard InChI is InChI=1S/C25H29N3/c1-5-17(2)20-9-6-10-21(16-20)27(3)25(26)28(4)23-15-14-19-13-12-18-8-7-11-22(23)24(18)19/h6-11,14-17,26H,5,12-13H2,1-4H3. The van der Waals surface area contributed by atoms with Crippen molar-refractivity contribution < 1.29 is 0 Å². The molecule has 144 valence electrons. The molecule has 0 radical (unpaired) electrons. The summed E-state index contributed by atoms with van der Waals surface area (Å²) in [6.45, 7) is 4.47. The molecule has 3 aromatic carbocycles. The van der Waals surface area contributed by atoms with E-state index in [0.29, 0.717) is 11.9 Å². The van der Waals surface area contributed by atoms with E-state index in [1.54, 1.807) is 0 Å². The third-order valence-electron chi connectivity index (χ3n) is 6.29. The molecule has 4 rings (SSSR count). The highest BCUT2D eigenvalue weighted by Crippen LogP contribution is 2.36. The van der Waals surface area contributed by atoms with Crippen LogP contribution in [-0.2, 0) is 12.8 Å². The lowest BCUT2D eigenvalue weighted by atomic mass is 9.98. The second-order valence-corrected chi connectivity index (χ2v) is 7.93. The Balaban J connectivity index is 1.67. The van der Waals surface area contributed by atoms with Crippen LogP contribution in [0, 0.1) is 5.41 Å². The first kappa shape index (κ1) is 18.5. The predicted molar refractivity (Wildman–Crippen MR) is 121 cm³/mol. The minimum atomic E-state index is 0.472. The monoisotopic (exact) mass is 371 g/mol. The van der Waals surface area contributed by atoms with Gasteiger partial charge in [0.05, 0.1) is 5.69 Å². The molecule has 0 heterocycles. The van der Waals surface area contributed by atoms with Gasteiger partial charge < -0.3 is 9.80 Å². The second-order valence-electron chi connectivity index (χ2n) is 7.93. The molecule has 0 aliphatic heterocycles. The second kappa shape index (κ2) is 7.31. The van der Waals surface area contributed by atoms with Crippen LogP contribution in [0.25, 0.3) is 10.8 Å². The molecular formula is C25H29N3. The van der Waals surface area contributed by atoms with Gasteiger partial charge in [-0.2, -0.15) is 0 Å². The highest BCUT2D eigenvalue weighted by atomic mass is 15.3. The van der Waals surface area contributed by atoms with Gasteiger partial charge >= 0.3 is 0 Å². The number of nitrogens with zero attached hydrogens (tertiary/aromatic N) is 2. The summed E-state index contributed by atoms with van der Waals surface area (Å²) < 4.78 is 0. The Morgan fingerprint density at radius 2 is 1.68 bits per heavy atom. The molecular weight excluding hydrogens is 342 g/mol. The molecule has 0 saturated carbocycles. The predicted octanol–water partition coefficient (Wildman–Crippen LogP) is 5.96. The summed E-state index contributed by atoms with van der Waals surface area (Å²) in [5.41, 5.74) is 6.35. The van der Waals surface area contributed by atoms with Crippen molar-refractivity contribution in [2.45, 2.75) is 39.0 Å². The van der Waals surface area contributed by atoms with Crippen LogP contribution >= 0.6 is 0 Å². The summed E-state index contributed by atoms with van der Waals surface area (Å²) in [5.74, 6) is 0.997. The van der Waals surface area contributed by atoms with Crippen LogP contribution in [0.5, 0.6) is 0 Å². The van der Waals surface area contributed by atoms with Gasteiger partial charge in [0, 0.05) is 25.2 Å².